The van der Waals surface area contributed by atoms with Gasteiger partial charge in [0.15, 0.2) is 0 Å². The second-order valence-electron chi connectivity index (χ2n) is 3.88. The number of rotatable bonds is 1. The van der Waals surface area contributed by atoms with Crippen LogP contribution in [0.25, 0.3) is 0 Å². The van der Waals surface area contributed by atoms with Crippen LogP contribution in [-0.4, -0.2) is 25.7 Å². The molecule has 1 aliphatic rings. The van der Waals surface area contributed by atoms with Crippen molar-refractivity contribution >= 4 is 19.4 Å². The van der Waals surface area contributed by atoms with E-state index in [0.717, 1.165) is 25.7 Å². The summed E-state index contributed by atoms with van der Waals surface area (Å²) < 4.78 is 1.28. The molecular weight excluding hydrogens is 251 g/mol. The van der Waals surface area contributed by atoms with Gasteiger partial charge in [-0.15, -0.1) is 0 Å². The summed E-state index contributed by atoms with van der Waals surface area (Å²) in [6.07, 6.45) is 3.93. The summed E-state index contributed by atoms with van der Waals surface area (Å²) in [5.41, 5.74) is -0.670. The molecule has 0 aromatic heterocycles. The van der Waals surface area contributed by atoms with E-state index in [0.29, 0.717) is 0 Å². The minimum absolute atomic E-state index is 0.180. The van der Waals surface area contributed by atoms with E-state index < -0.39 is 5.60 Å². The third kappa shape index (κ3) is 3.11. The SMILES string of the molecule is OC1(C#C[Se]c2ccccc2)CCCC1. The molecule has 1 nitrogen and oxygen atoms in total. The Balaban J connectivity index is 1.95. The maximum absolute atomic E-state index is 10.0. The summed E-state index contributed by atoms with van der Waals surface area (Å²) in [4.78, 5) is 3.15. The molecule has 0 spiro atoms. The van der Waals surface area contributed by atoms with Crippen molar-refractivity contribution in [3.63, 3.8) is 0 Å². The predicted octanol–water partition coefficient (Wildman–Crippen LogP) is 1.28. The molecular formula is C13H14OSe. The van der Waals surface area contributed by atoms with Crippen molar-refractivity contribution in [3.8, 4) is 10.7 Å². The van der Waals surface area contributed by atoms with Crippen molar-refractivity contribution in [1.29, 1.82) is 0 Å². The van der Waals surface area contributed by atoms with Crippen LogP contribution in [0.5, 0.6) is 0 Å². The van der Waals surface area contributed by atoms with Gasteiger partial charge in [0.1, 0.15) is 0 Å². The molecule has 78 valence electrons. The van der Waals surface area contributed by atoms with Gasteiger partial charge in [-0.3, -0.25) is 0 Å². The molecule has 0 bridgehead atoms. The first kappa shape index (κ1) is 10.8. The van der Waals surface area contributed by atoms with Crippen LogP contribution in [0.4, 0.5) is 0 Å². The van der Waals surface area contributed by atoms with E-state index in [1.54, 1.807) is 0 Å². The number of aliphatic hydroxyl groups is 1. The first-order valence-corrected chi connectivity index (χ1v) is 6.96. The van der Waals surface area contributed by atoms with E-state index in [4.69, 9.17) is 0 Å². The zero-order valence-corrected chi connectivity index (χ0v) is 10.3. The first-order valence-electron chi connectivity index (χ1n) is 5.25. The normalized spacial score (nSPS) is 18.2. The van der Waals surface area contributed by atoms with Gasteiger partial charge in [0.05, 0.1) is 0 Å². The molecule has 0 heterocycles. The standard InChI is InChI=1S/C13H14OSe/c14-13(8-4-5-9-13)10-11-15-12-6-2-1-3-7-12/h1-3,6-7,14H,4-5,8-9H2. The third-order valence-corrected chi connectivity index (χ3v) is 4.12. The van der Waals surface area contributed by atoms with Crippen LogP contribution in [-0.2, 0) is 0 Å². The maximum atomic E-state index is 10.0. The molecule has 2 rings (SSSR count). The Morgan fingerprint density at radius 1 is 1.13 bits per heavy atom. The fourth-order valence-electron chi connectivity index (χ4n) is 1.75. The van der Waals surface area contributed by atoms with Gasteiger partial charge in [-0.25, -0.2) is 0 Å². The summed E-state index contributed by atoms with van der Waals surface area (Å²) in [6.45, 7) is 0. The van der Waals surface area contributed by atoms with Crippen LogP contribution < -0.4 is 4.46 Å². The first-order chi connectivity index (χ1) is 7.29. The average molecular weight is 265 g/mol. The van der Waals surface area contributed by atoms with Crippen LogP contribution >= 0.6 is 0 Å². The second-order valence-corrected chi connectivity index (χ2v) is 5.73. The Hall–Kier alpha value is -0.741. The van der Waals surface area contributed by atoms with E-state index in [2.05, 4.69) is 22.9 Å². The molecule has 2 heteroatoms. The molecule has 1 aromatic carbocycles. The van der Waals surface area contributed by atoms with Crippen LogP contribution in [0, 0.1) is 10.7 Å². The molecule has 1 aliphatic carbocycles. The number of hydrogen-bond acceptors (Lipinski definition) is 1. The molecule has 0 unspecified atom stereocenters. The Kier molecular flexibility index (Phi) is 3.48. The molecule has 0 radical (unpaired) electrons. The molecule has 1 N–H and O–H groups in total. The summed E-state index contributed by atoms with van der Waals surface area (Å²) >= 11 is 0.180. The molecule has 0 aliphatic heterocycles. The van der Waals surface area contributed by atoms with Crippen molar-refractivity contribution in [3.05, 3.63) is 30.3 Å². The molecule has 15 heavy (non-hydrogen) atoms. The molecule has 1 saturated carbocycles. The van der Waals surface area contributed by atoms with Gasteiger partial charge < -0.3 is 0 Å². The van der Waals surface area contributed by atoms with Gasteiger partial charge in [-0.05, 0) is 0 Å². The van der Waals surface area contributed by atoms with Gasteiger partial charge >= 0.3 is 96.9 Å². The van der Waals surface area contributed by atoms with Crippen LogP contribution in [0.15, 0.2) is 30.3 Å². The summed E-state index contributed by atoms with van der Waals surface area (Å²) in [6, 6.07) is 10.3. The quantitative estimate of drug-likeness (QED) is 0.599. The molecule has 0 atom stereocenters. The Morgan fingerprint density at radius 3 is 2.47 bits per heavy atom. The van der Waals surface area contributed by atoms with Crippen LogP contribution in [0.1, 0.15) is 25.7 Å². The second kappa shape index (κ2) is 4.86. The summed E-state index contributed by atoms with van der Waals surface area (Å²) in [7, 11) is 0. The Bertz CT molecular complexity index is 369. The van der Waals surface area contributed by atoms with Crippen molar-refractivity contribution < 1.29 is 5.11 Å². The van der Waals surface area contributed by atoms with Crippen LogP contribution in [0.3, 0.4) is 0 Å². The fourth-order valence-corrected chi connectivity index (χ4v) is 3.12. The van der Waals surface area contributed by atoms with Gasteiger partial charge in [0.25, 0.3) is 0 Å². The molecule has 0 amide bonds. The molecule has 1 aromatic rings. The zero-order chi connectivity index (χ0) is 10.6. The predicted molar refractivity (Wildman–Crippen MR) is 63.0 cm³/mol. The number of hydrogen-bond donors (Lipinski definition) is 1. The topological polar surface area (TPSA) is 20.2 Å². The van der Waals surface area contributed by atoms with E-state index >= 15 is 0 Å². The van der Waals surface area contributed by atoms with Crippen molar-refractivity contribution in [2.75, 3.05) is 0 Å². The third-order valence-electron chi connectivity index (χ3n) is 2.63. The van der Waals surface area contributed by atoms with E-state index in [1.807, 2.05) is 18.2 Å². The minimum atomic E-state index is -0.670. The molecule has 0 saturated heterocycles. The summed E-state index contributed by atoms with van der Waals surface area (Å²) in [5.74, 6) is 3.04. The van der Waals surface area contributed by atoms with Crippen molar-refractivity contribution in [2.24, 2.45) is 0 Å². The molecule has 1 fully saturated rings. The summed E-state index contributed by atoms with van der Waals surface area (Å²) in [5, 5.41) is 10.0. The van der Waals surface area contributed by atoms with E-state index in [-0.39, 0.29) is 15.0 Å². The van der Waals surface area contributed by atoms with Gasteiger partial charge in [0.2, 0.25) is 0 Å². The Morgan fingerprint density at radius 2 is 1.80 bits per heavy atom. The monoisotopic (exact) mass is 266 g/mol. The average Bonchev–Trinajstić information content (AvgIpc) is 2.67. The van der Waals surface area contributed by atoms with Gasteiger partial charge in [-0.1, -0.05) is 0 Å². The van der Waals surface area contributed by atoms with Gasteiger partial charge in [-0.2, -0.15) is 0 Å². The van der Waals surface area contributed by atoms with E-state index in [1.165, 1.54) is 4.46 Å². The fraction of sp³-hybridized carbons (Fsp3) is 0.385. The zero-order valence-electron chi connectivity index (χ0n) is 8.57. The van der Waals surface area contributed by atoms with Crippen molar-refractivity contribution in [1.82, 2.24) is 0 Å². The van der Waals surface area contributed by atoms with Crippen molar-refractivity contribution in [2.45, 2.75) is 31.3 Å². The number of benzene rings is 1. The van der Waals surface area contributed by atoms with Crippen LogP contribution in [0.2, 0.25) is 0 Å². The Labute approximate surface area is 97.1 Å². The van der Waals surface area contributed by atoms with E-state index in [9.17, 15) is 5.11 Å². The van der Waals surface area contributed by atoms with Gasteiger partial charge in [0, 0.05) is 0 Å².